The summed E-state index contributed by atoms with van der Waals surface area (Å²) in [4.78, 5) is 12.2. The van der Waals surface area contributed by atoms with Crippen LogP contribution in [0.1, 0.15) is 11.1 Å². The van der Waals surface area contributed by atoms with Gasteiger partial charge in [-0.2, -0.15) is 0 Å². The Bertz CT molecular complexity index is 816. The number of rotatable bonds is 5. The maximum atomic E-state index is 12.2. The summed E-state index contributed by atoms with van der Waals surface area (Å²) < 4.78 is 25.2. The Morgan fingerprint density at radius 2 is 1.65 bits per heavy atom. The van der Waals surface area contributed by atoms with Gasteiger partial charge in [0.25, 0.3) is 0 Å². The van der Waals surface area contributed by atoms with Crippen LogP contribution in [-0.4, -0.2) is 27.1 Å². The Morgan fingerprint density at radius 1 is 1.04 bits per heavy atom. The Kier molecular flexibility index (Phi) is 5.05. The molecule has 0 aromatic heterocycles. The van der Waals surface area contributed by atoms with Crippen LogP contribution in [0.5, 0.6) is 0 Å². The van der Waals surface area contributed by atoms with Crippen molar-refractivity contribution in [3.8, 4) is 0 Å². The van der Waals surface area contributed by atoms with Crippen LogP contribution in [-0.2, 0) is 14.8 Å². The van der Waals surface area contributed by atoms with Crippen LogP contribution >= 0.6 is 0 Å². The first-order chi connectivity index (χ1) is 10.8. The fourth-order valence-corrected chi connectivity index (χ4v) is 3.09. The lowest BCUT2D eigenvalue weighted by Gasteiger charge is -2.22. The quantitative estimate of drug-likeness (QED) is 0.915. The van der Waals surface area contributed by atoms with E-state index < -0.39 is 10.0 Å². The van der Waals surface area contributed by atoms with Gasteiger partial charge in [-0.1, -0.05) is 24.3 Å². The smallest absolute Gasteiger partial charge is 0.245 e. The van der Waals surface area contributed by atoms with Crippen molar-refractivity contribution < 1.29 is 13.2 Å². The minimum absolute atomic E-state index is 0.268. The molecule has 0 spiro atoms. The SMILES string of the molecule is Cc1cccc(NC(=O)CN(c2cccc(C)c2)S(C)(=O)=O)c1. The summed E-state index contributed by atoms with van der Waals surface area (Å²) in [6.45, 7) is 3.53. The number of sulfonamides is 1. The summed E-state index contributed by atoms with van der Waals surface area (Å²) in [5.74, 6) is -0.387. The zero-order valence-corrected chi connectivity index (χ0v) is 14.2. The summed E-state index contributed by atoms with van der Waals surface area (Å²) in [5, 5.41) is 2.72. The molecule has 0 aliphatic rings. The Hall–Kier alpha value is -2.34. The van der Waals surface area contributed by atoms with Gasteiger partial charge in [0.05, 0.1) is 11.9 Å². The molecule has 0 aliphatic heterocycles. The predicted octanol–water partition coefficient (Wildman–Crippen LogP) is 2.71. The molecule has 2 aromatic carbocycles. The molecule has 0 heterocycles. The molecule has 23 heavy (non-hydrogen) atoms. The first-order valence-electron chi connectivity index (χ1n) is 7.16. The number of carbonyl (C=O) groups excluding carboxylic acids is 1. The maximum Gasteiger partial charge on any atom is 0.245 e. The first kappa shape index (κ1) is 17.0. The minimum atomic E-state index is -3.56. The van der Waals surface area contributed by atoms with E-state index in [4.69, 9.17) is 0 Å². The van der Waals surface area contributed by atoms with Crippen LogP contribution < -0.4 is 9.62 Å². The molecule has 5 nitrogen and oxygen atoms in total. The average molecular weight is 332 g/mol. The van der Waals surface area contributed by atoms with Crippen molar-refractivity contribution in [3.05, 3.63) is 59.7 Å². The van der Waals surface area contributed by atoms with Crippen molar-refractivity contribution in [2.75, 3.05) is 22.4 Å². The van der Waals surface area contributed by atoms with Crippen LogP contribution in [0.2, 0.25) is 0 Å². The van der Waals surface area contributed by atoms with Gasteiger partial charge in [-0.3, -0.25) is 9.10 Å². The normalized spacial score (nSPS) is 11.1. The van der Waals surface area contributed by atoms with Gasteiger partial charge in [0.15, 0.2) is 0 Å². The van der Waals surface area contributed by atoms with E-state index in [1.807, 2.05) is 38.1 Å². The summed E-state index contributed by atoms with van der Waals surface area (Å²) >= 11 is 0. The molecular weight excluding hydrogens is 312 g/mol. The van der Waals surface area contributed by atoms with Gasteiger partial charge in [0.2, 0.25) is 15.9 Å². The molecule has 0 radical (unpaired) electrons. The Balaban J connectivity index is 2.20. The van der Waals surface area contributed by atoms with Gasteiger partial charge < -0.3 is 5.32 Å². The molecule has 2 aromatic rings. The van der Waals surface area contributed by atoms with E-state index in [1.54, 1.807) is 24.3 Å². The molecule has 6 heteroatoms. The third-order valence-electron chi connectivity index (χ3n) is 3.28. The summed E-state index contributed by atoms with van der Waals surface area (Å²) in [5.41, 5.74) is 3.07. The summed E-state index contributed by atoms with van der Waals surface area (Å²) in [6, 6.07) is 14.4. The van der Waals surface area contributed by atoms with Gasteiger partial charge in [0, 0.05) is 5.69 Å². The second-order valence-electron chi connectivity index (χ2n) is 5.53. The van der Waals surface area contributed by atoms with E-state index in [0.717, 1.165) is 21.7 Å². The van der Waals surface area contributed by atoms with Gasteiger partial charge in [0.1, 0.15) is 6.54 Å². The van der Waals surface area contributed by atoms with Crippen molar-refractivity contribution in [1.82, 2.24) is 0 Å². The third-order valence-corrected chi connectivity index (χ3v) is 4.42. The van der Waals surface area contributed by atoms with Crippen LogP contribution in [0.3, 0.4) is 0 Å². The van der Waals surface area contributed by atoms with Crippen LogP contribution in [0, 0.1) is 13.8 Å². The van der Waals surface area contributed by atoms with Crippen molar-refractivity contribution in [2.24, 2.45) is 0 Å². The van der Waals surface area contributed by atoms with Crippen molar-refractivity contribution in [1.29, 1.82) is 0 Å². The van der Waals surface area contributed by atoms with Gasteiger partial charge >= 0.3 is 0 Å². The van der Waals surface area contributed by atoms with E-state index in [2.05, 4.69) is 5.32 Å². The Morgan fingerprint density at radius 3 is 2.22 bits per heavy atom. The lowest BCUT2D eigenvalue weighted by atomic mass is 10.2. The molecule has 2 rings (SSSR count). The molecule has 122 valence electrons. The monoisotopic (exact) mass is 332 g/mol. The predicted molar refractivity (Wildman–Crippen MR) is 93.2 cm³/mol. The fraction of sp³-hybridized carbons (Fsp3) is 0.235. The highest BCUT2D eigenvalue weighted by Crippen LogP contribution is 2.19. The van der Waals surface area contributed by atoms with Crippen molar-refractivity contribution in [3.63, 3.8) is 0 Å². The molecule has 0 atom stereocenters. The van der Waals surface area contributed by atoms with E-state index in [9.17, 15) is 13.2 Å². The number of nitrogens with zero attached hydrogens (tertiary/aromatic N) is 1. The number of nitrogens with one attached hydrogen (secondary N) is 1. The number of hydrogen-bond donors (Lipinski definition) is 1. The molecule has 0 fully saturated rings. The minimum Gasteiger partial charge on any atom is -0.325 e. The highest BCUT2D eigenvalue weighted by molar-refractivity contribution is 7.92. The highest BCUT2D eigenvalue weighted by Gasteiger charge is 2.20. The lowest BCUT2D eigenvalue weighted by molar-refractivity contribution is -0.114. The molecular formula is C17H20N2O3S. The van der Waals surface area contributed by atoms with E-state index in [-0.39, 0.29) is 12.5 Å². The second kappa shape index (κ2) is 6.83. The van der Waals surface area contributed by atoms with Gasteiger partial charge in [-0.15, -0.1) is 0 Å². The van der Waals surface area contributed by atoms with Crippen LogP contribution in [0.4, 0.5) is 11.4 Å². The second-order valence-corrected chi connectivity index (χ2v) is 7.43. The van der Waals surface area contributed by atoms with E-state index >= 15 is 0 Å². The molecule has 0 saturated carbocycles. The lowest BCUT2D eigenvalue weighted by Crippen LogP contribution is -2.37. The largest absolute Gasteiger partial charge is 0.325 e. The average Bonchev–Trinajstić information content (AvgIpc) is 2.43. The summed E-state index contributed by atoms with van der Waals surface area (Å²) in [6.07, 6.45) is 1.09. The molecule has 0 saturated heterocycles. The third kappa shape index (κ3) is 4.82. The van der Waals surface area contributed by atoms with E-state index in [0.29, 0.717) is 11.4 Å². The molecule has 1 N–H and O–H groups in total. The fourth-order valence-electron chi connectivity index (χ4n) is 2.24. The van der Waals surface area contributed by atoms with Crippen molar-refractivity contribution >= 4 is 27.3 Å². The highest BCUT2D eigenvalue weighted by atomic mass is 32.2. The Labute approximate surface area is 137 Å². The standard InChI is InChI=1S/C17H20N2O3S/c1-13-6-4-8-15(10-13)18-17(20)12-19(23(3,21)22)16-9-5-7-14(2)11-16/h4-11H,12H2,1-3H3,(H,18,20). The van der Waals surface area contributed by atoms with Gasteiger partial charge in [-0.05, 0) is 49.2 Å². The van der Waals surface area contributed by atoms with Crippen LogP contribution in [0.25, 0.3) is 0 Å². The number of carbonyl (C=O) groups is 1. The summed E-state index contributed by atoms with van der Waals surface area (Å²) in [7, 11) is -3.56. The van der Waals surface area contributed by atoms with Crippen molar-refractivity contribution in [2.45, 2.75) is 13.8 Å². The first-order valence-corrected chi connectivity index (χ1v) is 9.01. The van der Waals surface area contributed by atoms with Crippen LogP contribution in [0.15, 0.2) is 48.5 Å². The zero-order valence-electron chi connectivity index (χ0n) is 13.4. The molecule has 0 aliphatic carbocycles. The number of benzene rings is 2. The zero-order chi connectivity index (χ0) is 17.0. The topological polar surface area (TPSA) is 66.5 Å². The molecule has 0 unspecified atom stereocenters. The molecule has 1 amide bonds. The number of hydrogen-bond acceptors (Lipinski definition) is 3. The number of anilines is 2. The van der Waals surface area contributed by atoms with Gasteiger partial charge in [-0.25, -0.2) is 8.42 Å². The maximum absolute atomic E-state index is 12.2. The number of aryl methyl sites for hydroxylation is 2. The van der Waals surface area contributed by atoms with E-state index in [1.165, 1.54) is 0 Å². The number of amides is 1. The molecule has 0 bridgehead atoms.